The van der Waals surface area contributed by atoms with Crippen LogP contribution < -0.4 is 5.32 Å². The highest BCUT2D eigenvalue weighted by atomic mass is 35.5. The van der Waals surface area contributed by atoms with E-state index < -0.39 is 0 Å². The molecule has 1 aliphatic heterocycles. The summed E-state index contributed by atoms with van der Waals surface area (Å²) < 4.78 is 5.24. The van der Waals surface area contributed by atoms with Crippen molar-refractivity contribution in [1.82, 2.24) is 20.4 Å². The van der Waals surface area contributed by atoms with E-state index in [1.54, 1.807) is 6.20 Å². The summed E-state index contributed by atoms with van der Waals surface area (Å²) in [6.45, 7) is 1.02. The van der Waals surface area contributed by atoms with Crippen LogP contribution in [0.2, 0.25) is 0 Å². The van der Waals surface area contributed by atoms with Crippen molar-refractivity contribution in [3.63, 3.8) is 0 Å². The van der Waals surface area contributed by atoms with Crippen LogP contribution in [0.3, 0.4) is 0 Å². The van der Waals surface area contributed by atoms with Gasteiger partial charge in [-0.05, 0) is 31.5 Å². The first kappa shape index (κ1) is 12.0. The maximum atomic E-state index is 5.24. The third-order valence-electron chi connectivity index (χ3n) is 2.69. The van der Waals surface area contributed by atoms with E-state index in [0.29, 0.717) is 11.7 Å². The molecule has 6 heteroatoms. The average molecular weight is 253 g/mol. The Labute approximate surface area is 105 Å². The van der Waals surface area contributed by atoms with E-state index in [-0.39, 0.29) is 18.4 Å². The number of hydrogen-bond donors (Lipinski definition) is 1. The lowest BCUT2D eigenvalue weighted by atomic mass is 10.2. The predicted octanol–water partition coefficient (Wildman–Crippen LogP) is 1.98. The van der Waals surface area contributed by atoms with E-state index in [4.69, 9.17) is 4.52 Å². The SMILES string of the molecule is Cl.c1ccc(-c2noc([C@H]3CCCN3)n2)nc1. The van der Waals surface area contributed by atoms with Crippen molar-refractivity contribution in [2.45, 2.75) is 18.9 Å². The number of aromatic nitrogens is 3. The van der Waals surface area contributed by atoms with Crippen LogP contribution in [0.15, 0.2) is 28.9 Å². The minimum atomic E-state index is 0. The van der Waals surface area contributed by atoms with E-state index in [1.807, 2.05) is 18.2 Å². The predicted molar refractivity (Wildman–Crippen MR) is 64.8 cm³/mol. The topological polar surface area (TPSA) is 63.8 Å². The van der Waals surface area contributed by atoms with Gasteiger partial charge in [-0.3, -0.25) is 4.98 Å². The maximum Gasteiger partial charge on any atom is 0.244 e. The standard InChI is InChI=1S/C11H12N4O.ClH/c1-2-6-12-8(4-1)10-14-11(16-15-10)9-5-3-7-13-9;/h1-2,4,6,9,13H,3,5,7H2;1H/t9-;/m1./s1. The van der Waals surface area contributed by atoms with E-state index in [0.717, 1.165) is 25.1 Å². The highest BCUT2D eigenvalue weighted by Crippen LogP contribution is 2.23. The fourth-order valence-corrected chi connectivity index (χ4v) is 1.87. The summed E-state index contributed by atoms with van der Waals surface area (Å²) in [6.07, 6.45) is 3.94. The van der Waals surface area contributed by atoms with E-state index in [1.165, 1.54) is 0 Å². The number of halogens is 1. The third-order valence-corrected chi connectivity index (χ3v) is 2.69. The second kappa shape index (κ2) is 5.25. The molecule has 1 saturated heterocycles. The molecule has 1 fully saturated rings. The van der Waals surface area contributed by atoms with Gasteiger partial charge < -0.3 is 9.84 Å². The van der Waals surface area contributed by atoms with Gasteiger partial charge in [0.25, 0.3) is 0 Å². The Morgan fingerprint density at radius 1 is 1.35 bits per heavy atom. The molecule has 0 unspecified atom stereocenters. The van der Waals surface area contributed by atoms with Gasteiger partial charge in [0.2, 0.25) is 11.7 Å². The maximum absolute atomic E-state index is 5.24. The van der Waals surface area contributed by atoms with E-state index in [2.05, 4.69) is 20.4 Å². The molecule has 5 nitrogen and oxygen atoms in total. The lowest BCUT2D eigenvalue weighted by molar-refractivity contribution is 0.345. The van der Waals surface area contributed by atoms with Crippen LogP contribution in [0, 0.1) is 0 Å². The molecule has 0 aliphatic carbocycles. The molecular formula is C11H13ClN4O. The number of nitrogens with zero attached hydrogens (tertiary/aromatic N) is 3. The van der Waals surface area contributed by atoms with Gasteiger partial charge in [0.1, 0.15) is 5.69 Å². The molecule has 0 saturated carbocycles. The van der Waals surface area contributed by atoms with Crippen LogP contribution in [0.4, 0.5) is 0 Å². The van der Waals surface area contributed by atoms with Gasteiger partial charge in [0.05, 0.1) is 6.04 Å². The second-order valence-electron chi connectivity index (χ2n) is 3.82. The molecule has 2 aromatic rings. The fourth-order valence-electron chi connectivity index (χ4n) is 1.87. The molecule has 0 spiro atoms. The Hall–Kier alpha value is -1.46. The minimum Gasteiger partial charge on any atom is -0.337 e. The summed E-state index contributed by atoms with van der Waals surface area (Å²) in [6, 6.07) is 5.86. The van der Waals surface area contributed by atoms with Crippen molar-refractivity contribution < 1.29 is 4.52 Å². The van der Waals surface area contributed by atoms with Gasteiger partial charge in [-0.2, -0.15) is 4.98 Å². The van der Waals surface area contributed by atoms with Gasteiger partial charge in [-0.25, -0.2) is 0 Å². The summed E-state index contributed by atoms with van der Waals surface area (Å²) in [4.78, 5) is 8.54. The molecule has 1 N–H and O–H groups in total. The zero-order valence-electron chi connectivity index (χ0n) is 9.17. The number of hydrogen-bond acceptors (Lipinski definition) is 5. The highest BCUT2D eigenvalue weighted by Gasteiger charge is 2.22. The first-order valence-electron chi connectivity index (χ1n) is 5.42. The van der Waals surface area contributed by atoms with Crippen LogP contribution in [0.5, 0.6) is 0 Å². The zero-order valence-corrected chi connectivity index (χ0v) is 9.98. The van der Waals surface area contributed by atoms with Crippen molar-refractivity contribution in [2.75, 3.05) is 6.54 Å². The monoisotopic (exact) mass is 252 g/mol. The van der Waals surface area contributed by atoms with E-state index in [9.17, 15) is 0 Å². The summed E-state index contributed by atoms with van der Waals surface area (Å²) in [5.41, 5.74) is 0.746. The summed E-state index contributed by atoms with van der Waals surface area (Å²) in [7, 11) is 0. The number of nitrogens with one attached hydrogen (secondary N) is 1. The zero-order chi connectivity index (χ0) is 10.8. The number of pyridine rings is 1. The minimum absolute atomic E-state index is 0. The Balaban J connectivity index is 0.00000108. The highest BCUT2D eigenvalue weighted by molar-refractivity contribution is 5.85. The van der Waals surface area contributed by atoms with Crippen molar-refractivity contribution in [3.8, 4) is 11.5 Å². The lowest BCUT2D eigenvalue weighted by Crippen LogP contribution is -2.12. The van der Waals surface area contributed by atoms with Gasteiger partial charge in [0.15, 0.2) is 0 Å². The Morgan fingerprint density at radius 2 is 2.29 bits per heavy atom. The molecule has 2 aromatic heterocycles. The first-order chi connectivity index (χ1) is 7.93. The Bertz CT molecular complexity index is 467. The Kier molecular flexibility index (Phi) is 3.71. The molecule has 17 heavy (non-hydrogen) atoms. The van der Waals surface area contributed by atoms with Crippen molar-refractivity contribution >= 4 is 12.4 Å². The fraction of sp³-hybridized carbons (Fsp3) is 0.364. The normalized spacial score (nSPS) is 18.9. The van der Waals surface area contributed by atoms with Crippen LogP contribution in [-0.4, -0.2) is 21.7 Å². The smallest absolute Gasteiger partial charge is 0.244 e. The molecule has 1 atom stereocenters. The molecule has 1 aliphatic rings. The van der Waals surface area contributed by atoms with Gasteiger partial charge in [-0.15, -0.1) is 12.4 Å². The second-order valence-corrected chi connectivity index (χ2v) is 3.82. The first-order valence-corrected chi connectivity index (χ1v) is 5.42. The summed E-state index contributed by atoms with van der Waals surface area (Å²) in [5.74, 6) is 1.22. The van der Waals surface area contributed by atoms with Crippen LogP contribution in [0.1, 0.15) is 24.8 Å². The quantitative estimate of drug-likeness (QED) is 0.885. The van der Waals surface area contributed by atoms with E-state index >= 15 is 0 Å². The third kappa shape index (κ3) is 2.45. The van der Waals surface area contributed by atoms with Crippen LogP contribution in [0.25, 0.3) is 11.5 Å². The molecule has 3 heterocycles. The molecule has 90 valence electrons. The van der Waals surface area contributed by atoms with Crippen molar-refractivity contribution in [1.29, 1.82) is 0 Å². The van der Waals surface area contributed by atoms with Crippen LogP contribution in [-0.2, 0) is 0 Å². The number of rotatable bonds is 2. The summed E-state index contributed by atoms with van der Waals surface area (Å²) >= 11 is 0. The molecular weight excluding hydrogens is 240 g/mol. The van der Waals surface area contributed by atoms with Crippen molar-refractivity contribution in [3.05, 3.63) is 30.3 Å². The summed E-state index contributed by atoms with van der Waals surface area (Å²) in [5, 5.41) is 7.26. The molecule has 0 bridgehead atoms. The average Bonchev–Trinajstić information content (AvgIpc) is 3.01. The van der Waals surface area contributed by atoms with Crippen molar-refractivity contribution in [2.24, 2.45) is 0 Å². The Morgan fingerprint density at radius 3 is 3.00 bits per heavy atom. The largest absolute Gasteiger partial charge is 0.337 e. The molecule has 3 rings (SSSR count). The van der Waals surface area contributed by atoms with Gasteiger partial charge in [-0.1, -0.05) is 11.2 Å². The van der Waals surface area contributed by atoms with Gasteiger partial charge in [0, 0.05) is 6.20 Å². The van der Waals surface area contributed by atoms with Crippen LogP contribution >= 0.6 is 12.4 Å². The molecule has 0 amide bonds. The molecule has 0 aromatic carbocycles. The van der Waals surface area contributed by atoms with Gasteiger partial charge >= 0.3 is 0 Å². The lowest BCUT2D eigenvalue weighted by Gasteiger charge is -2.01. The molecule has 0 radical (unpaired) electrons.